The molecule has 0 heterocycles. The summed E-state index contributed by atoms with van der Waals surface area (Å²) in [5.41, 5.74) is 10.9. The van der Waals surface area contributed by atoms with Gasteiger partial charge in [-0.25, -0.2) is 28.8 Å². The number of carboxylic acids is 1. The Bertz CT molecular complexity index is 5360. The second kappa shape index (κ2) is 62.0. The van der Waals surface area contributed by atoms with Crippen LogP contribution in [0.25, 0.3) is 0 Å². The van der Waals surface area contributed by atoms with Crippen molar-refractivity contribution < 1.29 is 103 Å². The van der Waals surface area contributed by atoms with E-state index in [9.17, 15) is 28.8 Å². The van der Waals surface area contributed by atoms with Gasteiger partial charge in [0.25, 0.3) is 0 Å². The van der Waals surface area contributed by atoms with E-state index in [-0.39, 0.29) is 50.1 Å². The maximum Gasteiger partial charge on any atom is 0.343 e. The van der Waals surface area contributed by atoms with Gasteiger partial charge in [0.1, 0.15) is 77.3 Å². The maximum absolute atomic E-state index is 12.3. The number of benzene rings is 13. The van der Waals surface area contributed by atoms with Crippen LogP contribution in [0.3, 0.4) is 0 Å². The minimum absolute atomic E-state index is 0. The highest BCUT2D eigenvalue weighted by molar-refractivity contribution is 5.93. The summed E-state index contributed by atoms with van der Waals surface area (Å²) in [6.07, 6.45) is 9.71. The minimum atomic E-state index is -0.931. The lowest BCUT2D eigenvalue weighted by molar-refractivity contribution is -0.0613. The van der Waals surface area contributed by atoms with Gasteiger partial charge in [-0.3, -0.25) is 0 Å². The predicted octanol–water partition coefficient (Wildman–Crippen LogP) is 25.2. The molecule has 0 amide bonds. The second-order valence-electron chi connectivity index (χ2n) is 28.3. The van der Waals surface area contributed by atoms with E-state index in [1.807, 2.05) is 185 Å². The third-order valence-electron chi connectivity index (χ3n) is 18.2. The predicted molar refractivity (Wildman–Crippen MR) is 515 cm³/mol. The fourth-order valence-corrected chi connectivity index (χ4v) is 11.5. The Balaban J connectivity index is 0.000000324. The van der Waals surface area contributed by atoms with Gasteiger partial charge >= 0.3 is 35.8 Å². The largest absolute Gasteiger partial charge is 0.508 e. The SMILES string of the molecule is C.C=COCC.CCCc1ccc(O)cc1.CCCc1ccc(OC(=O)c2ccc(O)cc2)cc1.CCCc1ccc(OC(=O)c2ccc(OC(C)OCC)cc2)cc1.CCCc1ccc(OC(=O)c2ccc(OCc3ccccc3)cc2)cc1.COC(=O)c1ccc(O)cc1.COC(=O)c1ccc(OCc2ccccc2)cc1.O=C(O)c1ccc(OCc2ccccc2)cc1.[HH]. The number of carboxylic acid groups (broad SMARTS) is 1. The zero-order valence-corrected chi connectivity index (χ0v) is 75.0. The van der Waals surface area contributed by atoms with Crippen molar-refractivity contribution in [1.82, 2.24) is 0 Å². The number of ether oxygens (including phenoxy) is 11. The van der Waals surface area contributed by atoms with Crippen molar-refractivity contribution in [2.24, 2.45) is 0 Å². The summed E-state index contributed by atoms with van der Waals surface area (Å²) in [5.74, 6) is 2.14. The third kappa shape index (κ3) is 42.8. The summed E-state index contributed by atoms with van der Waals surface area (Å²) in [7, 11) is 2.68. The van der Waals surface area contributed by atoms with Gasteiger partial charge in [-0.2, -0.15) is 0 Å². The van der Waals surface area contributed by atoms with Gasteiger partial charge in [-0.15, -0.1) is 0 Å². The van der Waals surface area contributed by atoms with Crippen LogP contribution in [-0.4, -0.2) is 90.0 Å². The number of carbonyl (C=O) groups is 6. The van der Waals surface area contributed by atoms with Crippen molar-refractivity contribution in [3.05, 3.63) is 419 Å². The topological polar surface area (TPSA) is 285 Å². The molecule has 21 nitrogen and oxygen atoms in total. The molecule has 4 N–H and O–H groups in total. The Hall–Kier alpha value is -15.2. The van der Waals surface area contributed by atoms with Crippen molar-refractivity contribution >= 4 is 35.8 Å². The molecule has 0 bridgehead atoms. The van der Waals surface area contributed by atoms with Gasteiger partial charge < -0.3 is 72.5 Å². The highest BCUT2D eigenvalue weighted by atomic mass is 16.7. The van der Waals surface area contributed by atoms with Gasteiger partial charge in [0, 0.05) is 8.03 Å². The first-order valence-electron chi connectivity index (χ1n) is 42.7. The molecule has 688 valence electrons. The van der Waals surface area contributed by atoms with Crippen LogP contribution in [-0.2, 0) is 64.5 Å². The number of aryl methyl sites for hydroxylation is 4. The quantitative estimate of drug-likeness (QED) is 0.0132. The van der Waals surface area contributed by atoms with Gasteiger partial charge in [0.15, 0.2) is 6.29 Å². The number of carbonyl (C=O) groups excluding carboxylic acids is 5. The molecule has 1 atom stereocenters. The Morgan fingerprint density at radius 1 is 0.305 bits per heavy atom. The Labute approximate surface area is 771 Å². The van der Waals surface area contributed by atoms with E-state index in [0.29, 0.717) is 94.5 Å². The number of rotatable bonds is 32. The summed E-state index contributed by atoms with van der Waals surface area (Å²) < 4.78 is 57.5. The fourth-order valence-electron chi connectivity index (χ4n) is 11.5. The van der Waals surface area contributed by atoms with Gasteiger partial charge in [-0.1, -0.05) is 207 Å². The van der Waals surface area contributed by atoms with Crippen LogP contribution in [0, 0.1) is 0 Å². The molecule has 13 aromatic carbocycles. The molecule has 0 radical (unpaired) electrons. The summed E-state index contributed by atoms with van der Waals surface area (Å²) in [6, 6.07) is 98.8. The molecule has 21 heteroatoms. The van der Waals surface area contributed by atoms with Crippen molar-refractivity contribution in [3.63, 3.8) is 0 Å². The first kappa shape index (κ1) is 106. The molecule has 0 spiro atoms. The van der Waals surface area contributed by atoms with Crippen LogP contribution < -0.4 is 33.2 Å². The number of esters is 5. The van der Waals surface area contributed by atoms with E-state index in [0.717, 1.165) is 80.4 Å². The fraction of sp³-hybridized carbons (Fsp3) is 0.218. The summed E-state index contributed by atoms with van der Waals surface area (Å²) in [6.45, 7) is 20.3. The monoisotopic (exact) mass is 1780 g/mol. The highest BCUT2D eigenvalue weighted by Crippen LogP contribution is 2.24. The lowest BCUT2D eigenvalue weighted by atomic mass is 10.1. The Kier molecular flexibility index (Phi) is 50.3. The normalized spacial score (nSPS) is 10.1. The molecule has 131 heavy (non-hydrogen) atoms. The number of hydrogen-bond donors (Lipinski definition) is 4. The van der Waals surface area contributed by atoms with Crippen molar-refractivity contribution in [1.29, 1.82) is 0 Å². The number of aromatic hydroxyl groups is 3. The average Bonchev–Trinajstić information content (AvgIpc) is 0.871. The van der Waals surface area contributed by atoms with E-state index in [1.165, 1.54) is 103 Å². The second-order valence-corrected chi connectivity index (χ2v) is 28.3. The van der Waals surface area contributed by atoms with Crippen molar-refractivity contribution in [2.75, 3.05) is 27.4 Å². The molecule has 0 aliphatic carbocycles. The molecule has 0 aliphatic heterocycles. The van der Waals surface area contributed by atoms with Crippen LogP contribution in [0.4, 0.5) is 0 Å². The molecule has 0 saturated carbocycles. The molecule has 1 unspecified atom stereocenters. The van der Waals surface area contributed by atoms with Gasteiger partial charge in [0.05, 0.1) is 60.5 Å². The summed E-state index contributed by atoms with van der Waals surface area (Å²) in [5, 5.41) is 35.7. The van der Waals surface area contributed by atoms with E-state index in [2.05, 4.69) is 48.5 Å². The molecule has 0 aliphatic rings. The number of aromatic carboxylic acids is 1. The van der Waals surface area contributed by atoms with Gasteiger partial charge in [0.2, 0.25) is 0 Å². The Morgan fingerprint density at radius 2 is 0.542 bits per heavy atom. The molecule has 0 saturated heterocycles. The van der Waals surface area contributed by atoms with Crippen LogP contribution >= 0.6 is 0 Å². The molecule has 0 aromatic heterocycles. The van der Waals surface area contributed by atoms with Crippen LogP contribution in [0.2, 0.25) is 0 Å². The van der Waals surface area contributed by atoms with Crippen LogP contribution in [0.5, 0.6) is 57.5 Å². The van der Waals surface area contributed by atoms with E-state index < -0.39 is 17.9 Å². The molecular weight excluding hydrogens is 1660 g/mol. The van der Waals surface area contributed by atoms with Crippen LogP contribution in [0.1, 0.15) is 184 Å². The van der Waals surface area contributed by atoms with E-state index >= 15 is 0 Å². The third-order valence-corrected chi connectivity index (χ3v) is 18.2. The molecule has 13 aromatic rings. The zero-order valence-electron chi connectivity index (χ0n) is 75.0. The lowest BCUT2D eigenvalue weighted by Crippen LogP contribution is -2.16. The highest BCUT2D eigenvalue weighted by Gasteiger charge is 2.15. The van der Waals surface area contributed by atoms with Crippen molar-refractivity contribution in [2.45, 2.75) is 133 Å². The van der Waals surface area contributed by atoms with Crippen LogP contribution in [0.15, 0.2) is 346 Å². The summed E-state index contributed by atoms with van der Waals surface area (Å²) >= 11 is 0. The van der Waals surface area contributed by atoms with E-state index in [4.69, 9.17) is 58.3 Å². The van der Waals surface area contributed by atoms with Crippen molar-refractivity contribution in [3.8, 4) is 57.5 Å². The Morgan fingerprint density at radius 3 is 0.779 bits per heavy atom. The first-order chi connectivity index (χ1) is 63.1. The molecule has 13 rings (SSSR count). The number of hydrogen-bond acceptors (Lipinski definition) is 20. The smallest absolute Gasteiger partial charge is 0.343 e. The number of methoxy groups -OCH3 is 2. The minimum Gasteiger partial charge on any atom is -0.508 e. The van der Waals surface area contributed by atoms with Gasteiger partial charge in [-0.05, 0) is 280 Å². The summed E-state index contributed by atoms with van der Waals surface area (Å²) in [4.78, 5) is 69.0. The van der Waals surface area contributed by atoms with E-state index in [1.54, 1.807) is 109 Å². The zero-order chi connectivity index (χ0) is 93.9. The lowest BCUT2D eigenvalue weighted by Gasteiger charge is -2.14. The first-order valence-corrected chi connectivity index (χ1v) is 42.7. The molecule has 0 fully saturated rings. The molecular formula is C110H122O21. The maximum atomic E-state index is 12.3. The number of phenolic OH excluding ortho intramolecular Hbond substituents is 3. The average molecular weight is 1780 g/mol. The standard InChI is InChI=1S/C23H22O3.C20H24O4.C16H16O3.C15H14O3.C14H12O3.C9H12O.C8H8O3.C4H8O.CH4.H2/c1-2-6-18-9-13-22(14-10-18)26-23(24)20-11-15-21(16-12-20)25-17-19-7-4-3-5-8-19;1-4-6-16-7-11-19(12-8-16)24-20(21)17-9-13-18(14-10-17)23-15(3)22-5-2;1-2-3-12-4-10-15(11-5-12)19-16(18)13-6-8-14(17)9-7-13;1-17-15(16)13-7-9-14(10-8-13)18-11-12-5-3-2-4-6-12;15-14(16)12-6-8-13(9-7-12)17-10-11-4-2-1-3-5-11;1-2-3-8-4-6-9(10)7-5-8;1-11-8(10)6-2-4-7(9)5-3-6;1-3-5-4-2;;/h3-5,7-16H,2,6,17H2,1H3;7-15H,4-6H2,1-3H3;4-11,17H,2-3H2,1H3;2-10H,11H2,1H3;1-9H,10H2,(H,15,16);4-7,10H,2-3H2,1H3;2-5,9H,1H3;3H,1,4H2,2H3;1H4;1H. The number of phenols is 3.